The highest BCUT2D eigenvalue weighted by atomic mass is 35.5. The maximum atomic E-state index is 12.7. The fraction of sp³-hybridized carbons (Fsp3) is 0.450. The number of hydrogen-bond donors (Lipinski definition) is 1. The summed E-state index contributed by atoms with van der Waals surface area (Å²) in [5.74, 6) is -0.0334. The molecule has 0 saturated carbocycles. The molecule has 1 aromatic carbocycles. The van der Waals surface area contributed by atoms with Crippen LogP contribution in [-0.4, -0.2) is 35.7 Å². The lowest BCUT2D eigenvalue weighted by molar-refractivity contribution is -0.136. The van der Waals surface area contributed by atoms with Gasteiger partial charge >= 0.3 is 17.7 Å². The zero-order valence-electron chi connectivity index (χ0n) is 17.0. The molecule has 1 N–H and O–H groups in total. The molecule has 7 nitrogen and oxygen atoms in total. The molecule has 2 rings (SSSR count). The van der Waals surface area contributed by atoms with Crippen LogP contribution in [0.2, 0.25) is 5.02 Å². The molecule has 0 radical (unpaired) electrons. The van der Waals surface area contributed by atoms with Gasteiger partial charge in [-0.05, 0) is 57.8 Å². The van der Waals surface area contributed by atoms with Crippen LogP contribution >= 0.6 is 23.4 Å². The molecule has 1 heterocycles. The summed E-state index contributed by atoms with van der Waals surface area (Å²) in [6, 6.07) is 3.39. The molecule has 0 fully saturated rings. The van der Waals surface area contributed by atoms with Crippen LogP contribution in [-0.2, 0) is 9.53 Å². The van der Waals surface area contributed by atoms with Crippen molar-refractivity contribution in [2.75, 3.05) is 12.0 Å². The van der Waals surface area contributed by atoms with Gasteiger partial charge in [-0.15, -0.1) is 0 Å². The van der Waals surface area contributed by atoms with Crippen molar-refractivity contribution in [3.8, 4) is 5.75 Å². The fourth-order valence-electron chi connectivity index (χ4n) is 2.51. The summed E-state index contributed by atoms with van der Waals surface area (Å²) < 4.78 is 15.8. The number of thioether (sulfide) groups is 1. The van der Waals surface area contributed by atoms with Crippen LogP contribution in [0.25, 0.3) is 11.0 Å². The Hall–Kier alpha value is -2.19. The summed E-state index contributed by atoms with van der Waals surface area (Å²) in [5.41, 5.74) is -0.266. The number of benzene rings is 1. The number of amides is 1. The Morgan fingerprint density at radius 2 is 1.97 bits per heavy atom. The SMILES string of the molecule is CSCC[C@@H](NC(=O)OC(C)(C)C)C(=O)Oc1cc2oc(=O)cc(C)c2cc1Cl. The first kappa shape index (κ1) is 23.1. The van der Waals surface area contributed by atoms with E-state index >= 15 is 0 Å². The average molecular weight is 442 g/mol. The maximum absolute atomic E-state index is 12.7. The molecule has 1 amide bonds. The lowest BCUT2D eigenvalue weighted by atomic mass is 10.1. The summed E-state index contributed by atoms with van der Waals surface area (Å²) in [7, 11) is 0. The molecule has 1 aromatic heterocycles. The van der Waals surface area contributed by atoms with E-state index in [4.69, 9.17) is 25.5 Å². The van der Waals surface area contributed by atoms with Gasteiger partial charge in [0.15, 0.2) is 5.75 Å². The number of hydrogen-bond acceptors (Lipinski definition) is 7. The molecule has 0 saturated heterocycles. The molecule has 29 heavy (non-hydrogen) atoms. The van der Waals surface area contributed by atoms with Gasteiger partial charge in [0, 0.05) is 17.5 Å². The van der Waals surface area contributed by atoms with Crippen LogP contribution < -0.4 is 15.7 Å². The van der Waals surface area contributed by atoms with Crippen LogP contribution in [0.1, 0.15) is 32.8 Å². The van der Waals surface area contributed by atoms with Crippen LogP contribution in [0, 0.1) is 6.92 Å². The number of esters is 1. The van der Waals surface area contributed by atoms with Crippen molar-refractivity contribution >= 4 is 46.4 Å². The third kappa shape index (κ3) is 6.68. The number of nitrogens with one attached hydrogen (secondary N) is 1. The van der Waals surface area contributed by atoms with E-state index in [2.05, 4.69) is 5.32 Å². The van der Waals surface area contributed by atoms with Crippen LogP contribution in [0.4, 0.5) is 4.79 Å². The Balaban J connectivity index is 2.24. The summed E-state index contributed by atoms with van der Waals surface area (Å²) in [6.45, 7) is 6.94. The Labute approximate surface area is 178 Å². The highest BCUT2D eigenvalue weighted by Gasteiger charge is 2.26. The van der Waals surface area contributed by atoms with E-state index in [0.29, 0.717) is 23.1 Å². The van der Waals surface area contributed by atoms with Crippen LogP contribution in [0.5, 0.6) is 5.75 Å². The minimum atomic E-state index is -0.923. The molecular weight excluding hydrogens is 418 g/mol. The van der Waals surface area contributed by atoms with E-state index in [1.165, 1.54) is 23.9 Å². The van der Waals surface area contributed by atoms with E-state index < -0.39 is 29.3 Å². The molecule has 0 spiro atoms. The lowest BCUT2D eigenvalue weighted by Gasteiger charge is -2.23. The second kappa shape index (κ2) is 9.54. The van der Waals surface area contributed by atoms with Gasteiger partial charge in [0.1, 0.15) is 17.2 Å². The van der Waals surface area contributed by atoms with Gasteiger partial charge in [-0.1, -0.05) is 11.6 Å². The van der Waals surface area contributed by atoms with Gasteiger partial charge in [0.05, 0.1) is 5.02 Å². The van der Waals surface area contributed by atoms with Gasteiger partial charge in [0.25, 0.3) is 0 Å². The molecule has 0 aliphatic heterocycles. The quantitative estimate of drug-likeness (QED) is 0.405. The highest BCUT2D eigenvalue weighted by molar-refractivity contribution is 7.98. The van der Waals surface area contributed by atoms with E-state index in [0.717, 1.165) is 0 Å². The summed E-state index contributed by atoms with van der Waals surface area (Å²) in [4.78, 5) is 36.4. The van der Waals surface area contributed by atoms with Gasteiger partial charge in [0.2, 0.25) is 0 Å². The number of alkyl carbamates (subject to hydrolysis) is 1. The fourth-order valence-corrected chi connectivity index (χ4v) is 3.19. The number of fused-ring (bicyclic) bond motifs is 1. The smallest absolute Gasteiger partial charge is 0.408 e. The topological polar surface area (TPSA) is 94.8 Å². The second-order valence-electron chi connectivity index (χ2n) is 7.43. The van der Waals surface area contributed by atoms with Crippen molar-refractivity contribution in [3.05, 3.63) is 39.2 Å². The first-order valence-corrected chi connectivity index (χ1v) is 10.7. The minimum Gasteiger partial charge on any atom is -0.444 e. The van der Waals surface area contributed by atoms with Gasteiger partial charge in [-0.25, -0.2) is 14.4 Å². The standard InChI is InChI=1S/C20H24ClNO6S/c1-11-8-17(23)26-15-10-16(13(21)9-12(11)15)27-18(24)14(6-7-29-5)22-19(25)28-20(2,3)4/h8-10,14H,6-7H2,1-5H3,(H,22,25)/t14-/m1/s1. The predicted molar refractivity (Wildman–Crippen MR) is 114 cm³/mol. The number of carbonyl (C=O) groups excluding carboxylic acids is 2. The molecule has 9 heteroatoms. The molecule has 1 atom stereocenters. The first-order chi connectivity index (χ1) is 13.5. The van der Waals surface area contributed by atoms with Crippen molar-refractivity contribution in [1.29, 1.82) is 0 Å². The van der Waals surface area contributed by atoms with Crippen LogP contribution in [0.15, 0.2) is 27.4 Å². The Morgan fingerprint density at radius 3 is 2.59 bits per heavy atom. The molecule has 0 aliphatic carbocycles. The Kier molecular flexibility index (Phi) is 7.60. The number of rotatable bonds is 6. The van der Waals surface area contributed by atoms with Gasteiger partial charge in [-0.3, -0.25) is 0 Å². The molecular formula is C20H24ClNO6S. The predicted octanol–water partition coefficient (Wildman–Crippen LogP) is 4.31. The normalized spacial score (nSPS) is 12.5. The average Bonchev–Trinajstić information content (AvgIpc) is 2.58. The Morgan fingerprint density at radius 1 is 1.28 bits per heavy atom. The van der Waals surface area contributed by atoms with Gasteiger partial charge < -0.3 is 19.2 Å². The first-order valence-electron chi connectivity index (χ1n) is 8.94. The van der Waals surface area contributed by atoms with Crippen molar-refractivity contribution in [3.63, 3.8) is 0 Å². The number of ether oxygens (including phenoxy) is 2. The van der Waals surface area contributed by atoms with Crippen molar-refractivity contribution in [2.45, 2.75) is 45.8 Å². The molecule has 0 unspecified atom stereocenters. The zero-order chi connectivity index (χ0) is 21.8. The summed E-state index contributed by atoms with van der Waals surface area (Å²) in [6.07, 6.45) is 1.52. The van der Waals surface area contributed by atoms with E-state index in [-0.39, 0.29) is 16.4 Å². The molecule has 158 valence electrons. The lowest BCUT2D eigenvalue weighted by Crippen LogP contribution is -2.45. The van der Waals surface area contributed by atoms with E-state index in [1.54, 1.807) is 33.8 Å². The zero-order valence-corrected chi connectivity index (χ0v) is 18.5. The number of carbonyl (C=O) groups is 2. The summed E-state index contributed by atoms with van der Waals surface area (Å²) >= 11 is 7.77. The third-order valence-corrected chi connectivity index (χ3v) is 4.74. The van der Waals surface area contributed by atoms with Crippen LogP contribution in [0.3, 0.4) is 0 Å². The van der Waals surface area contributed by atoms with Crippen molar-refractivity contribution in [1.82, 2.24) is 5.32 Å². The second-order valence-corrected chi connectivity index (χ2v) is 8.82. The minimum absolute atomic E-state index is 0.0399. The highest BCUT2D eigenvalue weighted by Crippen LogP contribution is 2.31. The third-order valence-electron chi connectivity index (χ3n) is 3.80. The Bertz CT molecular complexity index is 966. The number of halogens is 1. The molecule has 0 bridgehead atoms. The van der Waals surface area contributed by atoms with Crippen molar-refractivity contribution < 1.29 is 23.5 Å². The monoisotopic (exact) mass is 441 g/mol. The van der Waals surface area contributed by atoms with E-state index in [1.807, 2.05) is 6.26 Å². The molecule has 0 aliphatic rings. The van der Waals surface area contributed by atoms with E-state index in [9.17, 15) is 14.4 Å². The largest absolute Gasteiger partial charge is 0.444 e. The number of aryl methyl sites for hydroxylation is 1. The van der Waals surface area contributed by atoms with Gasteiger partial charge in [-0.2, -0.15) is 11.8 Å². The maximum Gasteiger partial charge on any atom is 0.408 e. The molecule has 2 aromatic rings. The summed E-state index contributed by atoms with van der Waals surface area (Å²) in [5, 5.41) is 3.36. The van der Waals surface area contributed by atoms with Crippen molar-refractivity contribution in [2.24, 2.45) is 0 Å².